The van der Waals surface area contributed by atoms with Gasteiger partial charge in [-0.05, 0) is 39.4 Å². The van der Waals surface area contributed by atoms with E-state index in [1.807, 2.05) is 0 Å². The lowest BCUT2D eigenvalue weighted by atomic mass is 10.1. The first-order valence-corrected chi connectivity index (χ1v) is 6.82. The van der Waals surface area contributed by atoms with Gasteiger partial charge in [-0.15, -0.1) is 0 Å². The van der Waals surface area contributed by atoms with E-state index in [2.05, 4.69) is 5.32 Å². The highest BCUT2D eigenvalue weighted by atomic mass is 16.6. The minimum absolute atomic E-state index is 0.0361. The van der Waals surface area contributed by atoms with E-state index in [1.54, 1.807) is 20.8 Å². The van der Waals surface area contributed by atoms with E-state index in [0.29, 0.717) is 0 Å². The molecule has 0 aliphatic heterocycles. The maximum absolute atomic E-state index is 11.9. The number of ether oxygens (including phenoxy) is 2. The van der Waals surface area contributed by atoms with Gasteiger partial charge in [0.2, 0.25) is 0 Å². The van der Waals surface area contributed by atoms with Gasteiger partial charge in [0, 0.05) is 12.0 Å². The summed E-state index contributed by atoms with van der Waals surface area (Å²) in [6.07, 6.45) is -0.590. The lowest BCUT2D eigenvalue weighted by Crippen LogP contribution is -2.27. The van der Waals surface area contributed by atoms with Gasteiger partial charge in [-0.3, -0.25) is 10.1 Å². The zero-order valence-electron chi connectivity index (χ0n) is 13.2. The summed E-state index contributed by atoms with van der Waals surface area (Å²) in [4.78, 5) is 23.7. The monoisotopic (exact) mass is 310 g/mol. The number of nitrogens with two attached hydrogens (primary N) is 1. The highest BCUT2D eigenvalue weighted by Gasteiger charge is 2.20. The van der Waals surface area contributed by atoms with E-state index in [0.717, 1.165) is 0 Å². The molecule has 0 unspecified atom stereocenters. The van der Waals surface area contributed by atoms with Crippen LogP contribution in [0.2, 0.25) is 0 Å². The second-order valence-corrected chi connectivity index (χ2v) is 5.66. The van der Waals surface area contributed by atoms with Crippen LogP contribution in [0.5, 0.6) is 11.5 Å². The zero-order valence-corrected chi connectivity index (χ0v) is 13.2. The molecular formula is C15H22N2O5. The van der Waals surface area contributed by atoms with Crippen molar-refractivity contribution in [3.8, 4) is 11.5 Å². The molecule has 22 heavy (non-hydrogen) atoms. The molecule has 1 rings (SSSR count). The topological polar surface area (TPSA) is 111 Å². The second-order valence-electron chi connectivity index (χ2n) is 5.66. The molecular weight excluding hydrogens is 288 g/mol. The van der Waals surface area contributed by atoms with Crippen molar-refractivity contribution in [3.05, 3.63) is 17.7 Å². The molecule has 0 atom stereocenters. The fraction of sp³-hybridized carbons (Fsp3) is 0.467. The molecule has 122 valence electrons. The van der Waals surface area contributed by atoms with Gasteiger partial charge < -0.3 is 20.3 Å². The number of hydrogen-bond donors (Lipinski definition) is 3. The standard InChI is InChI=1S/C15H22N2O5/c1-15(2,3)22-14(20)17-10-7-9(11(18)5-6-16)8-12(21-4)13(10)19/h7-8,19H,5-6,16H2,1-4H3,(H,17,20). The van der Waals surface area contributed by atoms with Gasteiger partial charge >= 0.3 is 6.09 Å². The van der Waals surface area contributed by atoms with Crippen LogP contribution in [0.3, 0.4) is 0 Å². The number of aromatic hydroxyl groups is 1. The van der Waals surface area contributed by atoms with Crippen molar-refractivity contribution < 1.29 is 24.2 Å². The number of ketones is 1. The van der Waals surface area contributed by atoms with Crippen LogP contribution in [-0.4, -0.2) is 36.2 Å². The molecule has 0 heterocycles. The number of anilines is 1. The van der Waals surface area contributed by atoms with E-state index in [4.69, 9.17) is 15.2 Å². The quantitative estimate of drug-likeness (QED) is 0.568. The summed E-state index contributed by atoms with van der Waals surface area (Å²) in [6, 6.07) is 2.76. The molecule has 7 heteroatoms. The first-order chi connectivity index (χ1) is 10.2. The first kappa shape index (κ1) is 17.8. The van der Waals surface area contributed by atoms with E-state index in [9.17, 15) is 14.7 Å². The van der Waals surface area contributed by atoms with Crippen LogP contribution in [0.4, 0.5) is 10.5 Å². The Kier molecular flexibility index (Phi) is 5.76. The summed E-state index contributed by atoms with van der Waals surface area (Å²) in [5.41, 5.74) is 5.00. The fourth-order valence-electron chi connectivity index (χ4n) is 1.71. The number of hydrogen-bond acceptors (Lipinski definition) is 6. The Bertz CT molecular complexity index is 564. The smallest absolute Gasteiger partial charge is 0.412 e. The number of phenols is 1. The number of Topliss-reactive ketones (excluding diaryl/α,β-unsaturated/α-hetero) is 1. The average Bonchev–Trinajstić information content (AvgIpc) is 2.39. The Morgan fingerprint density at radius 3 is 2.45 bits per heavy atom. The minimum atomic E-state index is -0.742. The number of carbonyl (C=O) groups excluding carboxylic acids is 2. The van der Waals surface area contributed by atoms with Gasteiger partial charge in [-0.25, -0.2) is 4.79 Å². The van der Waals surface area contributed by atoms with Crippen LogP contribution in [0.1, 0.15) is 37.6 Å². The van der Waals surface area contributed by atoms with E-state index < -0.39 is 11.7 Å². The molecule has 0 saturated heterocycles. The average molecular weight is 310 g/mol. The van der Waals surface area contributed by atoms with Crippen molar-refractivity contribution in [3.63, 3.8) is 0 Å². The molecule has 0 aliphatic rings. The Labute approximate surface area is 129 Å². The number of benzene rings is 1. The second kappa shape index (κ2) is 7.13. The maximum atomic E-state index is 11.9. The van der Waals surface area contributed by atoms with Crippen LogP contribution in [-0.2, 0) is 4.74 Å². The molecule has 4 N–H and O–H groups in total. The van der Waals surface area contributed by atoms with Crippen LogP contribution >= 0.6 is 0 Å². The number of methoxy groups -OCH3 is 1. The van der Waals surface area contributed by atoms with Gasteiger partial charge in [0.15, 0.2) is 17.3 Å². The van der Waals surface area contributed by atoms with Crippen molar-refractivity contribution >= 4 is 17.6 Å². The number of amides is 1. The van der Waals surface area contributed by atoms with E-state index >= 15 is 0 Å². The molecule has 7 nitrogen and oxygen atoms in total. The van der Waals surface area contributed by atoms with Gasteiger partial charge in [0.1, 0.15) is 5.60 Å². The summed E-state index contributed by atoms with van der Waals surface area (Å²) >= 11 is 0. The third-order valence-electron chi connectivity index (χ3n) is 2.62. The predicted octanol–water partition coefficient (Wildman–Crippen LogP) is 2.28. The Balaban J connectivity index is 3.09. The van der Waals surface area contributed by atoms with Crippen LogP contribution in [0.15, 0.2) is 12.1 Å². The van der Waals surface area contributed by atoms with Crippen molar-refractivity contribution in [1.29, 1.82) is 0 Å². The van der Waals surface area contributed by atoms with Crippen LogP contribution in [0, 0.1) is 0 Å². The third-order valence-corrected chi connectivity index (χ3v) is 2.62. The maximum Gasteiger partial charge on any atom is 0.412 e. The zero-order chi connectivity index (χ0) is 16.9. The van der Waals surface area contributed by atoms with Gasteiger partial charge in [0.25, 0.3) is 0 Å². The Morgan fingerprint density at radius 2 is 1.95 bits per heavy atom. The largest absolute Gasteiger partial charge is 0.503 e. The minimum Gasteiger partial charge on any atom is -0.503 e. The van der Waals surface area contributed by atoms with E-state index in [1.165, 1.54) is 19.2 Å². The molecule has 0 bridgehead atoms. The third kappa shape index (κ3) is 4.92. The molecule has 0 spiro atoms. The number of phenolic OH excluding ortho intramolecular Hbond substituents is 1. The molecule has 0 aromatic heterocycles. The molecule has 1 amide bonds. The van der Waals surface area contributed by atoms with Crippen molar-refractivity contribution in [2.45, 2.75) is 32.8 Å². The molecule has 0 saturated carbocycles. The van der Waals surface area contributed by atoms with Crippen LogP contribution in [0.25, 0.3) is 0 Å². The summed E-state index contributed by atoms with van der Waals surface area (Å²) in [6.45, 7) is 5.35. The van der Waals surface area contributed by atoms with Gasteiger partial charge in [-0.1, -0.05) is 0 Å². The van der Waals surface area contributed by atoms with Crippen molar-refractivity contribution in [2.75, 3.05) is 19.0 Å². The number of nitrogens with one attached hydrogen (secondary N) is 1. The fourth-order valence-corrected chi connectivity index (χ4v) is 1.71. The highest BCUT2D eigenvalue weighted by molar-refractivity contribution is 5.99. The summed E-state index contributed by atoms with van der Waals surface area (Å²) in [7, 11) is 1.35. The lowest BCUT2D eigenvalue weighted by molar-refractivity contribution is 0.0635. The van der Waals surface area contributed by atoms with Gasteiger partial charge in [-0.2, -0.15) is 0 Å². The highest BCUT2D eigenvalue weighted by Crippen LogP contribution is 2.36. The van der Waals surface area contributed by atoms with E-state index in [-0.39, 0.29) is 41.5 Å². The molecule has 0 aliphatic carbocycles. The number of carbonyl (C=O) groups is 2. The Morgan fingerprint density at radius 1 is 1.32 bits per heavy atom. The summed E-state index contributed by atoms with van der Waals surface area (Å²) in [5, 5.41) is 12.4. The SMILES string of the molecule is COc1cc(C(=O)CCN)cc(NC(=O)OC(C)(C)C)c1O. The summed E-state index contributed by atoms with van der Waals surface area (Å²) in [5.74, 6) is -0.417. The first-order valence-electron chi connectivity index (χ1n) is 6.82. The molecule has 1 aromatic rings. The lowest BCUT2D eigenvalue weighted by Gasteiger charge is -2.20. The molecule has 0 radical (unpaired) electrons. The van der Waals surface area contributed by atoms with Gasteiger partial charge in [0.05, 0.1) is 12.8 Å². The Hall–Kier alpha value is -2.28. The van der Waals surface area contributed by atoms with Crippen molar-refractivity contribution in [1.82, 2.24) is 0 Å². The van der Waals surface area contributed by atoms with Crippen molar-refractivity contribution in [2.24, 2.45) is 5.73 Å². The molecule has 1 aromatic carbocycles. The van der Waals surface area contributed by atoms with Crippen LogP contribution < -0.4 is 15.8 Å². The molecule has 0 fully saturated rings. The normalized spacial score (nSPS) is 11.0. The predicted molar refractivity (Wildman–Crippen MR) is 82.5 cm³/mol. The summed E-state index contributed by atoms with van der Waals surface area (Å²) < 4.78 is 10.1. The number of rotatable bonds is 5.